The van der Waals surface area contributed by atoms with Crippen LogP contribution in [0.1, 0.15) is 71.3 Å². The van der Waals surface area contributed by atoms with E-state index < -0.39 is 35.8 Å². The summed E-state index contributed by atoms with van der Waals surface area (Å²) in [5.41, 5.74) is 0.192. The van der Waals surface area contributed by atoms with Gasteiger partial charge in [0.05, 0.1) is 6.04 Å². The summed E-state index contributed by atoms with van der Waals surface area (Å²) in [6.07, 6.45) is 4.71. The molecule has 2 aliphatic rings. The number of alkyl carbamates (subject to hydrolysis) is 1. The molecule has 3 rings (SSSR count). The number of aliphatic hydroxyl groups excluding tert-OH is 1. The third-order valence-electron chi connectivity index (χ3n) is 6.44. The summed E-state index contributed by atoms with van der Waals surface area (Å²) in [5, 5.41) is 16.5. The summed E-state index contributed by atoms with van der Waals surface area (Å²) in [5.74, 6) is -0.738. The minimum absolute atomic E-state index is 0.0844. The van der Waals surface area contributed by atoms with Crippen molar-refractivity contribution in [2.24, 2.45) is 0 Å². The predicted octanol–water partition coefficient (Wildman–Crippen LogP) is 2.92. The Hall–Kier alpha value is -2.61. The lowest BCUT2D eigenvalue weighted by atomic mass is 9.95. The standard InChI is InChI=1S/C26H39N3O5/c1-26(2,3)34-25(33)28-20(17-18-11-6-4-7-12-18)24(32)29-16-10-15-21(29)22(30)23(31)27-19-13-8-5-9-14-19/h4,6-7,11-12,19-22,30H,5,8-10,13-17H2,1-3H3,(H,27,31)(H,28,33)/t20-,21-,22?/m0/s1. The Bertz CT molecular complexity index is 833. The van der Waals surface area contributed by atoms with Crippen molar-refractivity contribution in [3.8, 4) is 0 Å². The number of carbonyl (C=O) groups excluding carboxylic acids is 3. The molecule has 1 heterocycles. The molecule has 0 spiro atoms. The molecular formula is C26H39N3O5. The summed E-state index contributed by atoms with van der Waals surface area (Å²) < 4.78 is 5.38. The average Bonchev–Trinajstić information content (AvgIpc) is 3.27. The number of benzene rings is 1. The third kappa shape index (κ3) is 7.45. The maximum atomic E-state index is 13.6. The van der Waals surface area contributed by atoms with Crippen molar-refractivity contribution < 1.29 is 24.2 Å². The molecule has 2 fully saturated rings. The number of nitrogens with one attached hydrogen (secondary N) is 2. The maximum Gasteiger partial charge on any atom is 0.408 e. The third-order valence-corrected chi connectivity index (χ3v) is 6.44. The monoisotopic (exact) mass is 473 g/mol. The van der Waals surface area contributed by atoms with Crippen LogP contribution in [0.2, 0.25) is 0 Å². The van der Waals surface area contributed by atoms with Crippen LogP contribution >= 0.6 is 0 Å². The molecule has 1 aliphatic heterocycles. The summed E-state index contributed by atoms with van der Waals surface area (Å²) in [6.45, 7) is 5.72. The quantitative estimate of drug-likeness (QED) is 0.564. The number of ether oxygens (including phenoxy) is 1. The molecule has 0 bridgehead atoms. The zero-order valence-corrected chi connectivity index (χ0v) is 20.6. The van der Waals surface area contributed by atoms with Crippen LogP contribution in [0.25, 0.3) is 0 Å². The van der Waals surface area contributed by atoms with E-state index in [1.165, 1.54) is 6.42 Å². The first-order valence-corrected chi connectivity index (χ1v) is 12.5. The molecule has 1 unspecified atom stereocenters. The highest BCUT2D eigenvalue weighted by Gasteiger charge is 2.40. The molecule has 8 heteroatoms. The molecule has 1 saturated heterocycles. The number of amides is 3. The van der Waals surface area contributed by atoms with Gasteiger partial charge in [-0.3, -0.25) is 9.59 Å². The molecule has 1 aliphatic carbocycles. The first-order chi connectivity index (χ1) is 16.1. The Balaban J connectivity index is 1.71. The molecule has 1 aromatic carbocycles. The molecule has 1 saturated carbocycles. The van der Waals surface area contributed by atoms with Gasteiger partial charge in [-0.05, 0) is 52.0 Å². The van der Waals surface area contributed by atoms with Crippen molar-refractivity contribution in [1.82, 2.24) is 15.5 Å². The molecule has 3 amide bonds. The van der Waals surface area contributed by atoms with Crippen molar-refractivity contribution in [2.75, 3.05) is 6.54 Å². The number of nitrogens with zero attached hydrogens (tertiary/aromatic N) is 1. The summed E-state index contributed by atoms with van der Waals surface area (Å²) in [4.78, 5) is 40.4. The second-order valence-electron chi connectivity index (χ2n) is 10.4. The number of aliphatic hydroxyl groups is 1. The number of carbonyl (C=O) groups is 3. The molecule has 0 aromatic heterocycles. The van der Waals surface area contributed by atoms with Crippen molar-refractivity contribution in [3.63, 3.8) is 0 Å². The number of hydrogen-bond acceptors (Lipinski definition) is 5. The predicted molar refractivity (Wildman–Crippen MR) is 129 cm³/mol. The molecule has 8 nitrogen and oxygen atoms in total. The molecule has 3 N–H and O–H groups in total. The van der Waals surface area contributed by atoms with Crippen molar-refractivity contribution >= 4 is 17.9 Å². The van der Waals surface area contributed by atoms with Gasteiger partial charge in [-0.1, -0.05) is 49.6 Å². The van der Waals surface area contributed by atoms with Gasteiger partial charge in [0.15, 0.2) is 6.10 Å². The lowest BCUT2D eigenvalue weighted by molar-refractivity contribution is -0.141. The van der Waals surface area contributed by atoms with Crippen LogP contribution in [0.5, 0.6) is 0 Å². The SMILES string of the molecule is CC(C)(C)OC(=O)N[C@@H](Cc1ccccc1)C(=O)N1CCC[C@H]1C(O)C(=O)NC1CCCCC1. The van der Waals surface area contributed by atoms with Crippen LogP contribution in [-0.2, 0) is 20.7 Å². The number of rotatable bonds is 7. The lowest BCUT2D eigenvalue weighted by Gasteiger charge is -2.33. The van der Waals surface area contributed by atoms with E-state index in [2.05, 4.69) is 10.6 Å². The van der Waals surface area contributed by atoms with E-state index in [4.69, 9.17) is 4.74 Å². The van der Waals surface area contributed by atoms with Crippen LogP contribution in [0.4, 0.5) is 4.79 Å². The topological polar surface area (TPSA) is 108 Å². The van der Waals surface area contributed by atoms with Gasteiger partial charge < -0.3 is 25.4 Å². The summed E-state index contributed by atoms with van der Waals surface area (Å²) in [6, 6.07) is 8.03. The van der Waals surface area contributed by atoms with Gasteiger partial charge in [-0.2, -0.15) is 0 Å². The van der Waals surface area contributed by atoms with E-state index in [0.717, 1.165) is 31.2 Å². The Morgan fingerprint density at radius 2 is 1.74 bits per heavy atom. The van der Waals surface area contributed by atoms with Gasteiger partial charge in [-0.25, -0.2) is 4.79 Å². The van der Waals surface area contributed by atoms with Gasteiger partial charge in [0.25, 0.3) is 5.91 Å². The molecule has 34 heavy (non-hydrogen) atoms. The number of likely N-dealkylation sites (tertiary alicyclic amines) is 1. The normalized spacial score (nSPS) is 20.9. The number of hydrogen-bond donors (Lipinski definition) is 3. The second kappa shape index (κ2) is 11.7. The van der Waals surface area contributed by atoms with Gasteiger partial charge in [0.2, 0.25) is 5.91 Å². The fraction of sp³-hybridized carbons (Fsp3) is 0.654. The summed E-state index contributed by atoms with van der Waals surface area (Å²) in [7, 11) is 0. The first-order valence-electron chi connectivity index (χ1n) is 12.5. The van der Waals surface area contributed by atoms with Gasteiger partial charge in [0.1, 0.15) is 11.6 Å². The van der Waals surface area contributed by atoms with Gasteiger partial charge in [0, 0.05) is 19.0 Å². The second-order valence-corrected chi connectivity index (χ2v) is 10.4. The Labute approximate surface area is 202 Å². The molecule has 3 atom stereocenters. The fourth-order valence-electron chi connectivity index (χ4n) is 4.80. The smallest absolute Gasteiger partial charge is 0.408 e. The molecule has 188 valence electrons. The fourth-order valence-corrected chi connectivity index (χ4v) is 4.80. The summed E-state index contributed by atoms with van der Waals surface area (Å²) >= 11 is 0. The van der Waals surface area contributed by atoms with Crippen molar-refractivity contribution in [3.05, 3.63) is 35.9 Å². The minimum Gasteiger partial charge on any atom is -0.444 e. The highest BCUT2D eigenvalue weighted by atomic mass is 16.6. The van der Waals surface area contributed by atoms with Crippen LogP contribution in [0.3, 0.4) is 0 Å². The first kappa shape index (κ1) is 26.0. The molecule has 1 aromatic rings. The van der Waals surface area contributed by atoms with E-state index in [-0.39, 0.29) is 18.4 Å². The highest BCUT2D eigenvalue weighted by molar-refractivity contribution is 5.88. The van der Waals surface area contributed by atoms with E-state index in [0.29, 0.717) is 19.4 Å². The minimum atomic E-state index is -1.30. The van der Waals surface area contributed by atoms with Gasteiger partial charge in [-0.15, -0.1) is 0 Å². The largest absolute Gasteiger partial charge is 0.444 e. The highest BCUT2D eigenvalue weighted by Crippen LogP contribution is 2.24. The Kier molecular flexibility index (Phi) is 8.94. The van der Waals surface area contributed by atoms with Crippen molar-refractivity contribution in [1.29, 1.82) is 0 Å². The Morgan fingerprint density at radius 1 is 1.06 bits per heavy atom. The van der Waals surface area contributed by atoms with Crippen LogP contribution in [0.15, 0.2) is 30.3 Å². The van der Waals surface area contributed by atoms with E-state index >= 15 is 0 Å². The average molecular weight is 474 g/mol. The van der Waals surface area contributed by atoms with E-state index in [1.54, 1.807) is 25.7 Å². The van der Waals surface area contributed by atoms with Crippen molar-refractivity contribution in [2.45, 2.75) is 102 Å². The zero-order valence-electron chi connectivity index (χ0n) is 20.6. The zero-order chi connectivity index (χ0) is 24.7. The lowest BCUT2D eigenvalue weighted by Crippen LogP contribution is -2.56. The van der Waals surface area contributed by atoms with Crippen LogP contribution < -0.4 is 10.6 Å². The molecule has 0 radical (unpaired) electrons. The van der Waals surface area contributed by atoms with Crippen LogP contribution in [-0.4, -0.2) is 64.3 Å². The van der Waals surface area contributed by atoms with Gasteiger partial charge >= 0.3 is 6.09 Å². The Morgan fingerprint density at radius 3 is 2.38 bits per heavy atom. The maximum absolute atomic E-state index is 13.6. The van der Waals surface area contributed by atoms with E-state index in [9.17, 15) is 19.5 Å². The van der Waals surface area contributed by atoms with E-state index in [1.807, 2.05) is 30.3 Å². The van der Waals surface area contributed by atoms with Crippen LogP contribution in [0, 0.1) is 0 Å². The molecular weight excluding hydrogens is 434 g/mol.